The number of hydrogen-bond donors (Lipinski definition) is 4. The Morgan fingerprint density at radius 3 is 0.918 bits per heavy atom. The summed E-state index contributed by atoms with van der Waals surface area (Å²) < 4.78 is 56.0. The molecule has 12 aromatic carbocycles. The van der Waals surface area contributed by atoms with Gasteiger partial charge in [0.1, 0.15) is 63.9 Å². The van der Waals surface area contributed by atoms with Crippen LogP contribution < -0.4 is 18.9 Å². The number of carboxylic acid groups (broad SMARTS) is 4. The average molecular weight is 1980 g/mol. The van der Waals surface area contributed by atoms with Crippen molar-refractivity contribution >= 4 is 132 Å². The standard InChI is InChI=1S/2C31H27NO5.C31H27NO4S.C30H25NO3S/c2*1-17-8-13-27(36-19(3)20-9-11-21(12-10-20)22-15-35-16-22)28-24(31(33)34)14-25(32-29(17)28)30-18(2)23-6-4-5-7-26(23)37-30;1-17-8-13-26(36-19(3)20-9-11-21(12-10-20)22-15-35-16-22)28-24(31(33)34)14-25(32-29(17)28)30-18(2)23-6-4-5-7-27(23)37-30;1-17-12-13-25(34-21-14-20(15-21)19-8-4-3-5-9-19)27-23(30(32)33)16-24(31-28(17)27)29-18(2)22-10-6-7-11-26(22)35-29/h3*4-14,19,22H,15-16H2,1-3H3,(H,33,34);3-13,16,20-21H,14-15H2,1-2H3,(H,32,33)/t3*19-;/m101./s1. The molecule has 4 aliphatic rings. The fourth-order valence-corrected chi connectivity index (χ4v) is 22.3. The first-order valence-electron chi connectivity index (χ1n) is 49.1. The SMILES string of the molecule is Cc1c(-c2cc(C(=O)O)c3c(OC4CC(c5ccccc5)C4)ccc(C)c3n2)sc2ccccc12.Cc1c(-c2cc(C(=O)O)c3c(O[C@@H](C)c4ccc(C5COC5)cc4)ccc(C)c3n2)oc2ccccc12.Cc1c(-c2cc(C(=O)O)c3c(O[C@H](C)c4ccc(C5COC5)cc4)ccc(C)c3n2)oc2ccccc12.Cc1c(-c2cc(C(=O)O)c3c(O[C@H](C)c4ccc(C5COC5)cc4)ccc(C)c3n2)sc2ccccc12. The lowest BCUT2D eigenvalue weighted by atomic mass is 9.77. The summed E-state index contributed by atoms with van der Waals surface area (Å²) in [7, 11) is 0. The van der Waals surface area contributed by atoms with Crippen LogP contribution in [0.2, 0.25) is 0 Å². The lowest BCUT2D eigenvalue weighted by Gasteiger charge is -2.36. The number of ether oxygens (including phenoxy) is 7. The number of rotatable bonds is 23. The van der Waals surface area contributed by atoms with Gasteiger partial charge in [0.15, 0.2) is 11.5 Å². The molecule has 21 nitrogen and oxygen atoms in total. The Morgan fingerprint density at radius 1 is 0.315 bits per heavy atom. The number of para-hydroxylation sites is 2. The van der Waals surface area contributed by atoms with Crippen LogP contribution in [0.25, 0.3) is 130 Å². The summed E-state index contributed by atoms with van der Waals surface area (Å²) in [5, 5.41) is 47.3. The minimum absolute atomic E-state index is 0.0669. The van der Waals surface area contributed by atoms with Crippen LogP contribution in [0.5, 0.6) is 23.0 Å². The number of aryl methyl sites for hydroxylation is 8. The van der Waals surface area contributed by atoms with E-state index in [1.807, 2.05) is 190 Å². The normalized spacial score (nSPS) is 15.3. The zero-order valence-corrected chi connectivity index (χ0v) is 84.1. The van der Waals surface area contributed by atoms with Gasteiger partial charge in [-0.1, -0.05) is 200 Å². The first kappa shape index (κ1) is 96.4. The Hall–Kier alpha value is -15.8. The predicted molar refractivity (Wildman–Crippen MR) is 575 cm³/mol. The van der Waals surface area contributed by atoms with Crippen LogP contribution >= 0.6 is 22.7 Å². The monoisotopic (exact) mass is 1970 g/mol. The summed E-state index contributed by atoms with van der Waals surface area (Å²) in [6.07, 6.45) is 1.09. The van der Waals surface area contributed by atoms with E-state index >= 15 is 0 Å². The number of pyridine rings is 4. The van der Waals surface area contributed by atoms with Gasteiger partial charge in [-0.2, -0.15) is 0 Å². The minimum Gasteiger partial charge on any atom is -0.490 e. The molecule has 146 heavy (non-hydrogen) atoms. The van der Waals surface area contributed by atoms with Crippen LogP contribution in [0.3, 0.4) is 0 Å². The largest absolute Gasteiger partial charge is 0.490 e. The number of carbonyl (C=O) groups is 4. The second-order valence-electron chi connectivity index (χ2n) is 38.4. The number of nitrogens with zero attached hydrogens (tertiary/aromatic N) is 4. The van der Waals surface area contributed by atoms with Crippen molar-refractivity contribution in [2.75, 3.05) is 39.6 Å². The van der Waals surface area contributed by atoms with Crippen LogP contribution in [-0.2, 0) is 14.2 Å². The van der Waals surface area contributed by atoms with Gasteiger partial charge in [-0.15, -0.1) is 22.7 Å². The third kappa shape index (κ3) is 18.8. The third-order valence-corrected chi connectivity index (χ3v) is 31.4. The van der Waals surface area contributed by atoms with Crippen molar-refractivity contribution in [3.63, 3.8) is 0 Å². The highest BCUT2D eigenvalue weighted by Crippen LogP contribution is 2.49. The summed E-state index contributed by atoms with van der Waals surface area (Å²) in [5.41, 5.74) is 22.8. The highest BCUT2D eigenvalue weighted by atomic mass is 32.1. The Kier molecular flexibility index (Phi) is 26.7. The van der Waals surface area contributed by atoms with Crippen LogP contribution in [0.1, 0.15) is 200 Å². The topological polar surface area (TPSA) is 292 Å². The van der Waals surface area contributed by atoms with Crippen LogP contribution in [0.4, 0.5) is 0 Å². The Labute approximate surface area is 850 Å². The minimum atomic E-state index is -1.04. The van der Waals surface area contributed by atoms with Crippen molar-refractivity contribution < 1.29 is 81.6 Å². The number of hydrogen-bond acceptors (Lipinski definition) is 19. The van der Waals surface area contributed by atoms with Gasteiger partial charge in [0.05, 0.1) is 133 Å². The molecule has 4 N–H and O–H groups in total. The lowest BCUT2D eigenvalue weighted by molar-refractivity contribution is 0.00835. The van der Waals surface area contributed by atoms with Gasteiger partial charge in [0, 0.05) is 49.1 Å². The molecule has 23 heteroatoms. The molecule has 24 rings (SSSR count). The maximum atomic E-state index is 12.5. The number of benzene rings is 12. The average Bonchev–Trinajstić information content (AvgIpc) is 1.44. The second kappa shape index (κ2) is 40.4. The first-order chi connectivity index (χ1) is 70.7. The van der Waals surface area contributed by atoms with Crippen molar-refractivity contribution in [1.82, 2.24) is 19.9 Å². The molecule has 1 saturated carbocycles. The summed E-state index contributed by atoms with van der Waals surface area (Å²) in [4.78, 5) is 71.7. The Bertz CT molecular complexity index is 7910. The van der Waals surface area contributed by atoms with Gasteiger partial charge in [0.2, 0.25) is 0 Å². The van der Waals surface area contributed by atoms with Gasteiger partial charge in [-0.05, 0) is 251 Å². The van der Waals surface area contributed by atoms with E-state index in [-0.39, 0.29) is 46.7 Å². The van der Waals surface area contributed by atoms with Crippen molar-refractivity contribution in [1.29, 1.82) is 0 Å². The van der Waals surface area contributed by atoms with Gasteiger partial charge >= 0.3 is 23.9 Å². The number of aromatic nitrogens is 4. The molecule has 0 radical (unpaired) electrons. The molecule has 20 aromatic rings. The molecule has 11 heterocycles. The first-order valence-corrected chi connectivity index (χ1v) is 50.7. The molecule has 4 fully saturated rings. The predicted octanol–water partition coefficient (Wildman–Crippen LogP) is 29.9. The molecular formula is C123H106N4O17S2. The van der Waals surface area contributed by atoms with Crippen LogP contribution in [-0.4, -0.2) is 110 Å². The van der Waals surface area contributed by atoms with Crippen LogP contribution in [0, 0.1) is 55.4 Å². The van der Waals surface area contributed by atoms with E-state index in [9.17, 15) is 39.6 Å². The molecule has 0 bridgehead atoms. The van der Waals surface area contributed by atoms with E-state index in [4.69, 9.17) is 61.9 Å². The molecule has 8 aromatic heterocycles. The van der Waals surface area contributed by atoms with E-state index in [1.54, 1.807) is 46.9 Å². The molecule has 3 atom stereocenters. The molecule has 3 saturated heterocycles. The maximum Gasteiger partial charge on any atom is 0.336 e. The van der Waals surface area contributed by atoms with Crippen molar-refractivity contribution in [2.24, 2.45) is 0 Å². The number of fused-ring (bicyclic) bond motifs is 8. The van der Waals surface area contributed by atoms with Crippen LogP contribution in [0.15, 0.2) is 282 Å². The van der Waals surface area contributed by atoms with Gasteiger partial charge in [-0.3, -0.25) is 0 Å². The molecular weight excluding hydrogens is 1870 g/mol. The number of thiophene rings is 2. The smallest absolute Gasteiger partial charge is 0.336 e. The van der Waals surface area contributed by atoms with E-state index in [0.29, 0.717) is 125 Å². The summed E-state index contributed by atoms with van der Waals surface area (Å²) in [5.74, 6) is 1.06. The lowest BCUT2D eigenvalue weighted by Crippen LogP contribution is -2.32. The highest BCUT2D eigenvalue weighted by molar-refractivity contribution is 7.22. The fraction of sp³-hybridized carbons (Fsp3) is 0.220. The quantitative estimate of drug-likeness (QED) is 0.0463. The molecule has 0 amide bonds. The highest BCUT2D eigenvalue weighted by Gasteiger charge is 2.35. The molecule has 1 aliphatic carbocycles. The molecule has 0 spiro atoms. The maximum absolute atomic E-state index is 12.5. The summed E-state index contributed by atoms with van der Waals surface area (Å²) in [6, 6.07) is 89.3. The second-order valence-corrected chi connectivity index (χ2v) is 40.5. The zero-order valence-electron chi connectivity index (χ0n) is 82.5. The van der Waals surface area contributed by atoms with Gasteiger partial charge < -0.3 is 62.4 Å². The van der Waals surface area contributed by atoms with E-state index < -0.39 is 23.9 Å². The zero-order chi connectivity index (χ0) is 101. The van der Waals surface area contributed by atoms with Gasteiger partial charge in [0.25, 0.3) is 0 Å². The van der Waals surface area contributed by atoms with Crippen molar-refractivity contribution in [3.05, 3.63) is 379 Å². The van der Waals surface area contributed by atoms with Crippen molar-refractivity contribution in [3.8, 4) is 67.0 Å². The summed E-state index contributed by atoms with van der Waals surface area (Å²) >= 11 is 3.29. The Morgan fingerprint density at radius 2 is 0.603 bits per heavy atom. The third-order valence-electron chi connectivity index (χ3n) is 28.8. The molecule has 732 valence electrons. The Balaban J connectivity index is 0.000000114. The fourth-order valence-electron chi connectivity index (χ4n) is 20.0. The molecule has 0 unspecified atom stereocenters. The van der Waals surface area contributed by atoms with E-state index in [2.05, 4.69) is 135 Å². The number of aromatic carboxylic acids is 4. The van der Waals surface area contributed by atoms with Crippen molar-refractivity contribution in [2.45, 2.75) is 137 Å². The van der Waals surface area contributed by atoms with E-state index in [0.717, 1.165) is 150 Å². The molecule has 3 aliphatic heterocycles. The summed E-state index contributed by atoms with van der Waals surface area (Å²) in [6.45, 7) is 26.4. The number of furan rings is 2. The van der Waals surface area contributed by atoms with Gasteiger partial charge in [-0.25, -0.2) is 39.1 Å². The number of carboxylic acids is 4. The van der Waals surface area contributed by atoms with E-state index in [1.165, 1.54) is 37.7 Å².